The number of hydrogen-bond donors (Lipinski definition) is 0. The zero-order valence-corrected chi connectivity index (χ0v) is 10.3. The van der Waals surface area contributed by atoms with Gasteiger partial charge in [0.25, 0.3) is 0 Å². The second-order valence-electron chi connectivity index (χ2n) is 4.02. The number of likely N-dealkylation sites (tertiary alicyclic amines) is 1. The Hall–Kier alpha value is -0.520. The van der Waals surface area contributed by atoms with Crippen molar-refractivity contribution < 1.29 is 4.74 Å². The zero-order chi connectivity index (χ0) is 11.1. The lowest BCUT2D eigenvalue weighted by Gasteiger charge is -2.22. The standard InChI is InChI=1S/C11H17NO.C2H6/c1-2-3-7-12-8-6-11(10-12)5-4-9-13-11;1-2/h4-10H2,1H3;1-2H3. The number of hydrogen-bond acceptors (Lipinski definition) is 2. The van der Waals surface area contributed by atoms with Crippen molar-refractivity contribution in [3.63, 3.8) is 0 Å². The first kappa shape index (κ1) is 12.5. The summed E-state index contributed by atoms with van der Waals surface area (Å²) in [6, 6.07) is 0. The summed E-state index contributed by atoms with van der Waals surface area (Å²) < 4.78 is 5.82. The lowest BCUT2D eigenvalue weighted by molar-refractivity contribution is 0.0137. The van der Waals surface area contributed by atoms with E-state index in [0.29, 0.717) is 0 Å². The molecule has 0 radical (unpaired) electrons. The van der Waals surface area contributed by atoms with E-state index in [1.54, 1.807) is 0 Å². The number of nitrogens with zero attached hydrogens (tertiary/aromatic N) is 1. The smallest absolute Gasteiger partial charge is 0.0822 e. The molecule has 2 nitrogen and oxygen atoms in total. The van der Waals surface area contributed by atoms with Crippen LogP contribution in [0.4, 0.5) is 0 Å². The summed E-state index contributed by atoms with van der Waals surface area (Å²) in [6.45, 7) is 10.0. The zero-order valence-electron chi connectivity index (χ0n) is 10.3. The lowest BCUT2D eigenvalue weighted by Crippen LogP contribution is -2.32. The van der Waals surface area contributed by atoms with Crippen molar-refractivity contribution in [3.05, 3.63) is 0 Å². The van der Waals surface area contributed by atoms with Gasteiger partial charge in [0.1, 0.15) is 0 Å². The summed E-state index contributed by atoms with van der Waals surface area (Å²) >= 11 is 0. The van der Waals surface area contributed by atoms with Gasteiger partial charge in [-0.05, 0) is 26.2 Å². The molecule has 2 rings (SSSR count). The molecule has 15 heavy (non-hydrogen) atoms. The molecule has 0 saturated carbocycles. The van der Waals surface area contributed by atoms with Crippen LogP contribution >= 0.6 is 0 Å². The van der Waals surface area contributed by atoms with Gasteiger partial charge in [-0.15, -0.1) is 5.92 Å². The molecular formula is C13H23NO. The fourth-order valence-electron chi connectivity index (χ4n) is 2.33. The fourth-order valence-corrected chi connectivity index (χ4v) is 2.33. The summed E-state index contributed by atoms with van der Waals surface area (Å²) in [6.07, 6.45) is 3.70. The summed E-state index contributed by atoms with van der Waals surface area (Å²) in [5.74, 6) is 6.06. The highest BCUT2D eigenvalue weighted by atomic mass is 16.5. The molecule has 2 saturated heterocycles. The van der Waals surface area contributed by atoms with E-state index >= 15 is 0 Å². The summed E-state index contributed by atoms with van der Waals surface area (Å²) in [5.41, 5.74) is 0.218. The molecule has 0 aromatic carbocycles. The molecule has 0 aliphatic carbocycles. The summed E-state index contributed by atoms with van der Waals surface area (Å²) in [4.78, 5) is 2.40. The summed E-state index contributed by atoms with van der Waals surface area (Å²) in [5, 5.41) is 0. The van der Waals surface area contributed by atoms with E-state index in [9.17, 15) is 0 Å². The predicted octanol–water partition coefficient (Wildman–Crippen LogP) is 2.29. The van der Waals surface area contributed by atoms with Gasteiger partial charge in [-0.3, -0.25) is 4.90 Å². The molecule has 0 N–H and O–H groups in total. The van der Waals surface area contributed by atoms with Crippen molar-refractivity contribution in [1.82, 2.24) is 4.90 Å². The Morgan fingerprint density at radius 1 is 1.33 bits per heavy atom. The molecule has 0 aromatic rings. The molecule has 1 spiro atoms. The van der Waals surface area contributed by atoms with E-state index in [0.717, 1.165) is 26.2 Å². The van der Waals surface area contributed by atoms with Gasteiger partial charge in [0, 0.05) is 19.7 Å². The van der Waals surface area contributed by atoms with Crippen LogP contribution in [0.1, 0.15) is 40.0 Å². The predicted molar refractivity (Wildman–Crippen MR) is 63.8 cm³/mol. The second-order valence-corrected chi connectivity index (χ2v) is 4.02. The molecule has 1 atom stereocenters. The first-order chi connectivity index (χ1) is 7.35. The highest BCUT2D eigenvalue weighted by Crippen LogP contribution is 2.34. The first-order valence-corrected chi connectivity index (χ1v) is 6.11. The van der Waals surface area contributed by atoms with Crippen LogP contribution in [0.2, 0.25) is 0 Å². The van der Waals surface area contributed by atoms with Crippen molar-refractivity contribution in [2.45, 2.75) is 45.6 Å². The largest absolute Gasteiger partial charge is 0.374 e. The van der Waals surface area contributed by atoms with Crippen molar-refractivity contribution in [3.8, 4) is 11.8 Å². The minimum absolute atomic E-state index is 0.218. The van der Waals surface area contributed by atoms with E-state index in [1.807, 2.05) is 20.8 Å². The highest BCUT2D eigenvalue weighted by Gasteiger charge is 2.41. The van der Waals surface area contributed by atoms with Gasteiger partial charge in [0.05, 0.1) is 12.1 Å². The Kier molecular flexibility index (Phi) is 5.14. The van der Waals surface area contributed by atoms with E-state index < -0.39 is 0 Å². The first-order valence-electron chi connectivity index (χ1n) is 6.11. The van der Waals surface area contributed by atoms with Gasteiger partial charge in [0.15, 0.2) is 0 Å². The number of rotatable bonds is 1. The van der Waals surface area contributed by atoms with Crippen LogP contribution < -0.4 is 0 Å². The maximum Gasteiger partial charge on any atom is 0.0822 e. The third-order valence-electron chi connectivity index (χ3n) is 3.06. The fraction of sp³-hybridized carbons (Fsp3) is 0.846. The van der Waals surface area contributed by atoms with Crippen LogP contribution in [0.25, 0.3) is 0 Å². The van der Waals surface area contributed by atoms with Crippen LogP contribution in [-0.4, -0.2) is 36.7 Å². The van der Waals surface area contributed by atoms with Gasteiger partial charge in [-0.25, -0.2) is 0 Å². The molecule has 86 valence electrons. The molecule has 1 unspecified atom stereocenters. The molecule has 2 heteroatoms. The Balaban J connectivity index is 0.000000531. The second kappa shape index (κ2) is 6.15. The van der Waals surface area contributed by atoms with Crippen molar-refractivity contribution in [1.29, 1.82) is 0 Å². The van der Waals surface area contributed by atoms with Crippen LogP contribution in [0, 0.1) is 11.8 Å². The average molecular weight is 209 g/mol. The molecule has 2 aliphatic heterocycles. The van der Waals surface area contributed by atoms with Crippen molar-refractivity contribution in [2.75, 3.05) is 26.2 Å². The normalized spacial score (nSPS) is 29.5. The monoisotopic (exact) mass is 209 g/mol. The van der Waals surface area contributed by atoms with E-state index in [1.165, 1.54) is 19.3 Å². The minimum atomic E-state index is 0.218. The van der Waals surface area contributed by atoms with E-state index in [4.69, 9.17) is 4.74 Å². The van der Waals surface area contributed by atoms with Crippen LogP contribution in [0.15, 0.2) is 0 Å². The molecule has 2 fully saturated rings. The van der Waals surface area contributed by atoms with E-state index in [-0.39, 0.29) is 5.60 Å². The maximum atomic E-state index is 5.82. The topological polar surface area (TPSA) is 12.5 Å². The highest BCUT2D eigenvalue weighted by molar-refractivity contribution is 5.02. The average Bonchev–Trinajstić information content (AvgIpc) is 2.90. The molecule has 0 bridgehead atoms. The maximum absolute atomic E-state index is 5.82. The SMILES string of the molecule is CC.CC#CCN1CCC2(CCCO2)C1. The van der Waals surface area contributed by atoms with Gasteiger partial charge >= 0.3 is 0 Å². The Morgan fingerprint density at radius 2 is 2.13 bits per heavy atom. The Labute approximate surface area is 94.0 Å². The third-order valence-corrected chi connectivity index (χ3v) is 3.06. The molecule has 2 aliphatic rings. The van der Waals surface area contributed by atoms with Gasteiger partial charge in [0.2, 0.25) is 0 Å². The van der Waals surface area contributed by atoms with Crippen molar-refractivity contribution in [2.24, 2.45) is 0 Å². The lowest BCUT2D eigenvalue weighted by atomic mass is 10.00. The molecule has 2 heterocycles. The Bertz CT molecular complexity index is 233. The Morgan fingerprint density at radius 3 is 2.73 bits per heavy atom. The van der Waals surface area contributed by atoms with Crippen molar-refractivity contribution >= 4 is 0 Å². The third kappa shape index (κ3) is 3.22. The molecule has 0 aromatic heterocycles. The van der Waals surface area contributed by atoms with Gasteiger partial charge in [-0.1, -0.05) is 19.8 Å². The molecular weight excluding hydrogens is 186 g/mol. The van der Waals surface area contributed by atoms with Crippen LogP contribution in [0.3, 0.4) is 0 Å². The minimum Gasteiger partial charge on any atom is -0.374 e. The molecule has 0 amide bonds. The van der Waals surface area contributed by atoms with Crippen LogP contribution in [-0.2, 0) is 4.74 Å². The number of ether oxygens (including phenoxy) is 1. The van der Waals surface area contributed by atoms with Gasteiger partial charge < -0.3 is 4.74 Å². The summed E-state index contributed by atoms with van der Waals surface area (Å²) in [7, 11) is 0. The van der Waals surface area contributed by atoms with E-state index in [2.05, 4.69) is 16.7 Å². The van der Waals surface area contributed by atoms with Gasteiger partial charge in [-0.2, -0.15) is 0 Å². The van der Waals surface area contributed by atoms with Crippen LogP contribution in [0.5, 0.6) is 0 Å². The quantitative estimate of drug-likeness (QED) is 0.614.